The van der Waals surface area contributed by atoms with Gasteiger partial charge in [-0.25, -0.2) is 0 Å². The van der Waals surface area contributed by atoms with Gasteiger partial charge in [-0.05, 0) is 18.2 Å². The molecule has 0 aliphatic heterocycles. The SMILES string of the molecule is CN(CCC(=O)O)C(=O)COc1cccc(Cl)c1. The number of halogens is 1. The summed E-state index contributed by atoms with van der Waals surface area (Å²) in [7, 11) is 1.53. The zero-order valence-electron chi connectivity index (χ0n) is 9.93. The van der Waals surface area contributed by atoms with Crippen molar-refractivity contribution in [2.45, 2.75) is 6.42 Å². The number of carbonyl (C=O) groups is 2. The second kappa shape index (κ2) is 6.86. The van der Waals surface area contributed by atoms with E-state index in [4.69, 9.17) is 21.4 Å². The predicted octanol–water partition coefficient (Wildman–Crippen LogP) is 1.65. The quantitative estimate of drug-likeness (QED) is 0.854. The molecular weight excluding hydrogens is 258 g/mol. The number of amides is 1. The van der Waals surface area contributed by atoms with Crippen molar-refractivity contribution in [3.05, 3.63) is 29.3 Å². The monoisotopic (exact) mass is 271 g/mol. The second-order valence-corrected chi connectivity index (χ2v) is 4.14. The van der Waals surface area contributed by atoms with E-state index in [1.807, 2.05) is 0 Å². The van der Waals surface area contributed by atoms with E-state index < -0.39 is 5.97 Å². The van der Waals surface area contributed by atoms with Gasteiger partial charge in [-0.3, -0.25) is 9.59 Å². The van der Waals surface area contributed by atoms with Crippen LogP contribution in [0.2, 0.25) is 5.02 Å². The molecule has 0 aliphatic rings. The number of likely N-dealkylation sites (N-methyl/N-ethyl adjacent to an activating group) is 1. The van der Waals surface area contributed by atoms with Gasteiger partial charge < -0.3 is 14.7 Å². The minimum absolute atomic E-state index is 0.0839. The lowest BCUT2D eigenvalue weighted by Gasteiger charge is -2.16. The Morgan fingerprint density at radius 2 is 2.17 bits per heavy atom. The molecule has 5 nitrogen and oxygen atoms in total. The number of rotatable bonds is 6. The molecule has 0 bridgehead atoms. The molecular formula is C12H14ClNO4. The predicted molar refractivity (Wildman–Crippen MR) is 66.8 cm³/mol. The lowest BCUT2D eigenvalue weighted by Crippen LogP contribution is -2.33. The molecule has 0 heterocycles. The zero-order valence-corrected chi connectivity index (χ0v) is 10.7. The maximum Gasteiger partial charge on any atom is 0.305 e. The number of aliphatic carboxylic acids is 1. The van der Waals surface area contributed by atoms with Crippen molar-refractivity contribution in [2.75, 3.05) is 20.2 Å². The number of carbonyl (C=O) groups excluding carboxylic acids is 1. The molecule has 18 heavy (non-hydrogen) atoms. The average molecular weight is 272 g/mol. The first-order valence-corrected chi connectivity index (χ1v) is 5.71. The number of benzene rings is 1. The summed E-state index contributed by atoms with van der Waals surface area (Å²) in [5.41, 5.74) is 0. The van der Waals surface area contributed by atoms with Crippen LogP contribution in [0.3, 0.4) is 0 Å². The highest BCUT2D eigenvalue weighted by Crippen LogP contribution is 2.16. The lowest BCUT2D eigenvalue weighted by atomic mass is 10.3. The van der Waals surface area contributed by atoms with Crippen molar-refractivity contribution in [2.24, 2.45) is 0 Å². The standard InChI is InChI=1S/C12H14ClNO4/c1-14(6-5-12(16)17)11(15)8-18-10-4-2-3-9(13)7-10/h2-4,7H,5-6,8H2,1H3,(H,16,17). The Labute approximate surface area is 110 Å². The highest BCUT2D eigenvalue weighted by Gasteiger charge is 2.10. The van der Waals surface area contributed by atoms with Gasteiger partial charge in [0.05, 0.1) is 6.42 Å². The van der Waals surface area contributed by atoms with Crippen LogP contribution in [0.5, 0.6) is 5.75 Å². The van der Waals surface area contributed by atoms with E-state index in [0.29, 0.717) is 10.8 Å². The first kappa shape index (κ1) is 14.3. The first-order chi connectivity index (χ1) is 8.49. The van der Waals surface area contributed by atoms with Crippen molar-refractivity contribution in [3.63, 3.8) is 0 Å². The van der Waals surface area contributed by atoms with E-state index in [-0.39, 0.29) is 25.5 Å². The Morgan fingerprint density at radius 3 is 2.78 bits per heavy atom. The normalized spacial score (nSPS) is 9.89. The van der Waals surface area contributed by atoms with Gasteiger partial charge in [0.1, 0.15) is 5.75 Å². The molecule has 0 saturated carbocycles. The van der Waals surface area contributed by atoms with Gasteiger partial charge in [-0.1, -0.05) is 17.7 Å². The molecule has 1 aromatic rings. The van der Waals surface area contributed by atoms with Gasteiger partial charge in [-0.15, -0.1) is 0 Å². The van der Waals surface area contributed by atoms with Crippen LogP contribution in [-0.2, 0) is 9.59 Å². The highest BCUT2D eigenvalue weighted by molar-refractivity contribution is 6.30. The van der Waals surface area contributed by atoms with Gasteiger partial charge in [0.2, 0.25) is 0 Å². The van der Waals surface area contributed by atoms with E-state index in [2.05, 4.69) is 0 Å². The maximum absolute atomic E-state index is 11.6. The summed E-state index contributed by atoms with van der Waals surface area (Å²) >= 11 is 5.77. The van der Waals surface area contributed by atoms with Crippen molar-refractivity contribution < 1.29 is 19.4 Å². The summed E-state index contributed by atoms with van der Waals surface area (Å²) in [6.45, 7) is 0.0174. The number of hydrogen-bond acceptors (Lipinski definition) is 3. The summed E-state index contributed by atoms with van der Waals surface area (Å²) in [4.78, 5) is 23.3. The third kappa shape index (κ3) is 5.05. The van der Waals surface area contributed by atoms with Crippen LogP contribution in [0.25, 0.3) is 0 Å². The molecule has 0 aromatic heterocycles. The van der Waals surface area contributed by atoms with E-state index in [9.17, 15) is 9.59 Å². The molecule has 0 fully saturated rings. The van der Waals surface area contributed by atoms with Gasteiger partial charge in [-0.2, -0.15) is 0 Å². The first-order valence-electron chi connectivity index (χ1n) is 5.33. The zero-order chi connectivity index (χ0) is 13.5. The van der Waals surface area contributed by atoms with Crippen LogP contribution in [0.4, 0.5) is 0 Å². The van der Waals surface area contributed by atoms with Gasteiger partial charge in [0.25, 0.3) is 5.91 Å². The Morgan fingerprint density at radius 1 is 1.44 bits per heavy atom. The summed E-state index contributed by atoms with van der Waals surface area (Å²) in [6.07, 6.45) is -0.0839. The Bertz CT molecular complexity index is 436. The molecule has 6 heteroatoms. The second-order valence-electron chi connectivity index (χ2n) is 3.71. The van der Waals surface area contributed by atoms with Crippen LogP contribution in [-0.4, -0.2) is 42.1 Å². The van der Waals surface area contributed by atoms with E-state index in [0.717, 1.165) is 0 Å². The molecule has 98 valence electrons. The summed E-state index contributed by atoms with van der Waals surface area (Å²) < 4.78 is 5.25. The molecule has 1 rings (SSSR count). The van der Waals surface area contributed by atoms with Crippen LogP contribution in [0, 0.1) is 0 Å². The van der Waals surface area contributed by atoms with E-state index in [1.165, 1.54) is 11.9 Å². The van der Waals surface area contributed by atoms with Crippen molar-refractivity contribution >= 4 is 23.5 Å². The number of nitrogens with zero attached hydrogens (tertiary/aromatic N) is 1. The lowest BCUT2D eigenvalue weighted by molar-refractivity contribution is -0.138. The van der Waals surface area contributed by atoms with Crippen LogP contribution >= 0.6 is 11.6 Å². The van der Waals surface area contributed by atoms with Crippen molar-refractivity contribution in [1.82, 2.24) is 4.90 Å². The number of ether oxygens (including phenoxy) is 1. The fourth-order valence-corrected chi connectivity index (χ4v) is 1.38. The smallest absolute Gasteiger partial charge is 0.305 e. The molecule has 0 aliphatic carbocycles. The van der Waals surface area contributed by atoms with E-state index in [1.54, 1.807) is 24.3 Å². The summed E-state index contributed by atoms with van der Waals surface area (Å²) in [5.74, 6) is -0.718. The van der Waals surface area contributed by atoms with Crippen molar-refractivity contribution in [1.29, 1.82) is 0 Å². The third-order valence-electron chi connectivity index (χ3n) is 2.25. The Hall–Kier alpha value is -1.75. The molecule has 0 radical (unpaired) electrons. The van der Waals surface area contributed by atoms with Gasteiger partial charge in [0, 0.05) is 18.6 Å². The fourth-order valence-electron chi connectivity index (χ4n) is 1.20. The van der Waals surface area contributed by atoms with E-state index >= 15 is 0 Å². The molecule has 0 atom stereocenters. The van der Waals surface area contributed by atoms with Crippen LogP contribution < -0.4 is 4.74 Å². The Balaban J connectivity index is 2.38. The molecule has 1 amide bonds. The average Bonchev–Trinajstić information content (AvgIpc) is 2.33. The Kier molecular flexibility index (Phi) is 5.45. The van der Waals surface area contributed by atoms with Gasteiger partial charge in [0.15, 0.2) is 6.61 Å². The van der Waals surface area contributed by atoms with Crippen LogP contribution in [0.1, 0.15) is 6.42 Å². The van der Waals surface area contributed by atoms with Crippen molar-refractivity contribution in [3.8, 4) is 5.75 Å². The van der Waals surface area contributed by atoms with Crippen LogP contribution in [0.15, 0.2) is 24.3 Å². The minimum Gasteiger partial charge on any atom is -0.484 e. The molecule has 0 saturated heterocycles. The minimum atomic E-state index is -0.939. The topological polar surface area (TPSA) is 66.8 Å². The summed E-state index contributed by atoms with van der Waals surface area (Å²) in [6, 6.07) is 6.72. The fraction of sp³-hybridized carbons (Fsp3) is 0.333. The number of hydrogen-bond donors (Lipinski definition) is 1. The third-order valence-corrected chi connectivity index (χ3v) is 2.48. The number of carboxylic acids is 1. The molecule has 0 unspecified atom stereocenters. The molecule has 0 spiro atoms. The number of carboxylic acid groups (broad SMARTS) is 1. The largest absolute Gasteiger partial charge is 0.484 e. The maximum atomic E-state index is 11.6. The highest BCUT2D eigenvalue weighted by atomic mass is 35.5. The molecule has 1 aromatic carbocycles. The molecule has 1 N–H and O–H groups in total. The summed E-state index contributed by atoms with van der Waals surface area (Å²) in [5, 5.41) is 9.03. The van der Waals surface area contributed by atoms with Gasteiger partial charge >= 0.3 is 5.97 Å².